The van der Waals surface area contributed by atoms with E-state index in [1.54, 1.807) is 4.90 Å². The molecule has 2 N–H and O–H groups in total. The van der Waals surface area contributed by atoms with Crippen molar-refractivity contribution in [2.45, 2.75) is 18.9 Å². The second-order valence-electron chi connectivity index (χ2n) is 7.14. The van der Waals surface area contributed by atoms with Gasteiger partial charge in [0.2, 0.25) is 0 Å². The summed E-state index contributed by atoms with van der Waals surface area (Å²) in [5, 5.41) is 3.14. The Morgan fingerprint density at radius 3 is 2.70 bits per heavy atom. The third kappa shape index (κ3) is 3.42. The number of hydrogen-bond acceptors (Lipinski definition) is 2. The number of nitrogens with zero attached hydrogens (tertiary/aromatic N) is 1. The highest BCUT2D eigenvalue weighted by Crippen LogP contribution is 2.27. The summed E-state index contributed by atoms with van der Waals surface area (Å²) >= 11 is 0. The minimum absolute atomic E-state index is 0.0395. The molecule has 1 aromatic carbocycles. The van der Waals surface area contributed by atoms with Crippen molar-refractivity contribution in [2.75, 3.05) is 38.6 Å². The van der Waals surface area contributed by atoms with Gasteiger partial charge in [-0.15, -0.1) is 6.58 Å². The van der Waals surface area contributed by atoms with Crippen LogP contribution < -0.4 is 15.1 Å². The van der Waals surface area contributed by atoms with Crippen molar-refractivity contribution in [3.63, 3.8) is 0 Å². The van der Waals surface area contributed by atoms with Crippen LogP contribution in [0.1, 0.15) is 23.2 Å². The van der Waals surface area contributed by atoms with Crippen LogP contribution in [0.25, 0.3) is 0 Å². The largest absolute Gasteiger partial charge is 0.378 e. The van der Waals surface area contributed by atoms with Gasteiger partial charge in [-0.05, 0) is 30.2 Å². The SMILES string of the molecule is C=C[C@H]1C[NH+]2CC[C@H]1C[C@@H]2CNC(=O)c1ccc(N(C)C)cc1. The summed E-state index contributed by atoms with van der Waals surface area (Å²) in [6, 6.07) is 8.34. The zero-order valence-corrected chi connectivity index (χ0v) is 14.2. The molecule has 0 spiro atoms. The molecule has 3 aliphatic rings. The van der Waals surface area contributed by atoms with Gasteiger partial charge in [-0.2, -0.15) is 0 Å². The summed E-state index contributed by atoms with van der Waals surface area (Å²) in [6.07, 6.45) is 4.65. The zero-order chi connectivity index (χ0) is 16.4. The van der Waals surface area contributed by atoms with E-state index in [0.717, 1.165) is 23.7 Å². The second kappa shape index (κ2) is 6.75. The van der Waals surface area contributed by atoms with E-state index < -0.39 is 0 Å². The molecule has 3 heterocycles. The number of anilines is 1. The Hall–Kier alpha value is -1.81. The number of amides is 1. The van der Waals surface area contributed by atoms with E-state index in [1.165, 1.54) is 25.9 Å². The quantitative estimate of drug-likeness (QED) is 0.795. The molecule has 3 saturated heterocycles. The molecule has 23 heavy (non-hydrogen) atoms. The first-order chi connectivity index (χ1) is 11.1. The van der Waals surface area contributed by atoms with Crippen LogP contribution in [0.15, 0.2) is 36.9 Å². The second-order valence-corrected chi connectivity index (χ2v) is 7.14. The van der Waals surface area contributed by atoms with Crippen LogP contribution in [0, 0.1) is 11.8 Å². The minimum Gasteiger partial charge on any atom is -0.378 e. The first-order valence-corrected chi connectivity index (χ1v) is 8.61. The molecule has 124 valence electrons. The summed E-state index contributed by atoms with van der Waals surface area (Å²) in [4.78, 5) is 16.0. The van der Waals surface area contributed by atoms with E-state index >= 15 is 0 Å². The zero-order valence-electron chi connectivity index (χ0n) is 14.2. The lowest BCUT2D eigenvalue weighted by Crippen LogP contribution is -3.20. The molecule has 1 unspecified atom stereocenters. The molecule has 3 fully saturated rings. The number of quaternary nitrogens is 1. The first-order valence-electron chi connectivity index (χ1n) is 8.61. The molecular weight excluding hydrogens is 286 g/mol. The van der Waals surface area contributed by atoms with Gasteiger partial charge in [-0.3, -0.25) is 4.79 Å². The van der Waals surface area contributed by atoms with Gasteiger partial charge in [-0.1, -0.05) is 6.08 Å². The highest BCUT2D eigenvalue weighted by Gasteiger charge is 2.42. The first kappa shape index (κ1) is 16.1. The predicted molar refractivity (Wildman–Crippen MR) is 94.0 cm³/mol. The Morgan fingerprint density at radius 1 is 1.39 bits per heavy atom. The fraction of sp³-hybridized carbons (Fsp3) is 0.526. The highest BCUT2D eigenvalue weighted by molar-refractivity contribution is 5.94. The summed E-state index contributed by atoms with van der Waals surface area (Å²) in [7, 11) is 4.00. The van der Waals surface area contributed by atoms with Gasteiger partial charge in [0, 0.05) is 44.1 Å². The number of hydrogen-bond donors (Lipinski definition) is 2. The fourth-order valence-corrected chi connectivity index (χ4v) is 4.08. The van der Waals surface area contributed by atoms with Crippen molar-refractivity contribution in [3.8, 4) is 0 Å². The lowest BCUT2D eigenvalue weighted by molar-refractivity contribution is -0.944. The average Bonchev–Trinajstić information content (AvgIpc) is 2.60. The molecule has 4 nitrogen and oxygen atoms in total. The van der Waals surface area contributed by atoms with Crippen molar-refractivity contribution < 1.29 is 9.69 Å². The number of nitrogens with one attached hydrogen (secondary N) is 2. The van der Waals surface area contributed by atoms with Gasteiger partial charge < -0.3 is 15.1 Å². The van der Waals surface area contributed by atoms with Gasteiger partial charge in [0.25, 0.3) is 5.91 Å². The van der Waals surface area contributed by atoms with Crippen LogP contribution in [0.4, 0.5) is 5.69 Å². The van der Waals surface area contributed by atoms with Crippen LogP contribution in [0.5, 0.6) is 0 Å². The normalized spacial score (nSPS) is 29.1. The summed E-state index contributed by atoms with van der Waals surface area (Å²) in [5.74, 6) is 1.48. The lowest BCUT2D eigenvalue weighted by Gasteiger charge is -2.46. The topological polar surface area (TPSA) is 36.8 Å². The maximum atomic E-state index is 12.3. The van der Waals surface area contributed by atoms with Crippen molar-refractivity contribution in [1.29, 1.82) is 0 Å². The Morgan fingerprint density at radius 2 is 2.13 bits per heavy atom. The van der Waals surface area contributed by atoms with E-state index in [0.29, 0.717) is 12.0 Å². The van der Waals surface area contributed by atoms with Gasteiger partial charge in [0.1, 0.15) is 6.04 Å². The molecular formula is C19H28N3O+. The van der Waals surface area contributed by atoms with E-state index in [4.69, 9.17) is 0 Å². The third-order valence-electron chi connectivity index (χ3n) is 5.56. The smallest absolute Gasteiger partial charge is 0.251 e. The highest BCUT2D eigenvalue weighted by atomic mass is 16.1. The Balaban J connectivity index is 1.54. The standard InChI is InChI=1S/C19H27N3O/c1-4-14-13-22-10-9-16(14)11-18(22)12-20-19(23)15-5-7-17(8-6-15)21(2)3/h4-8,14,16,18H,1,9-13H2,2-3H3,(H,20,23)/p+1/t14-,16-,18+/m0/s1. The minimum atomic E-state index is 0.0395. The Kier molecular flexibility index (Phi) is 4.71. The molecule has 4 rings (SSSR count). The van der Waals surface area contributed by atoms with E-state index in [9.17, 15) is 4.79 Å². The maximum absolute atomic E-state index is 12.3. The van der Waals surface area contributed by atoms with Crippen molar-refractivity contribution in [2.24, 2.45) is 11.8 Å². The molecule has 2 bridgehead atoms. The lowest BCUT2D eigenvalue weighted by atomic mass is 9.75. The molecule has 1 amide bonds. The van der Waals surface area contributed by atoms with Crippen molar-refractivity contribution >= 4 is 11.6 Å². The van der Waals surface area contributed by atoms with Gasteiger partial charge in [-0.25, -0.2) is 0 Å². The van der Waals surface area contributed by atoms with Gasteiger partial charge >= 0.3 is 0 Å². The number of piperidine rings is 3. The molecule has 0 radical (unpaired) electrons. The van der Waals surface area contributed by atoms with Crippen LogP contribution >= 0.6 is 0 Å². The molecule has 3 aliphatic heterocycles. The molecule has 4 atom stereocenters. The summed E-state index contributed by atoms with van der Waals surface area (Å²) < 4.78 is 0. The molecule has 0 saturated carbocycles. The number of carbonyl (C=O) groups is 1. The fourth-order valence-electron chi connectivity index (χ4n) is 4.08. The van der Waals surface area contributed by atoms with E-state index in [2.05, 4.69) is 18.0 Å². The van der Waals surface area contributed by atoms with Crippen LogP contribution in [0.3, 0.4) is 0 Å². The summed E-state index contributed by atoms with van der Waals surface area (Å²) in [5.41, 5.74) is 1.85. The molecule has 1 aromatic rings. The van der Waals surface area contributed by atoms with E-state index in [-0.39, 0.29) is 5.91 Å². The molecule has 0 aromatic heterocycles. The van der Waals surface area contributed by atoms with Crippen molar-refractivity contribution in [1.82, 2.24) is 5.32 Å². The van der Waals surface area contributed by atoms with E-state index in [1.807, 2.05) is 43.3 Å². The van der Waals surface area contributed by atoms with Crippen LogP contribution in [-0.2, 0) is 0 Å². The Bertz CT molecular complexity index is 566. The number of benzene rings is 1. The number of rotatable bonds is 5. The van der Waals surface area contributed by atoms with Crippen molar-refractivity contribution in [3.05, 3.63) is 42.5 Å². The van der Waals surface area contributed by atoms with Gasteiger partial charge in [0.05, 0.1) is 19.6 Å². The molecule has 0 aliphatic carbocycles. The monoisotopic (exact) mass is 314 g/mol. The summed E-state index contributed by atoms with van der Waals surface area (Å²) in [6.45, 7) is 7.19. The molecule has 4 heteroatoms. The average molecular weight is 314 g/mol. The number of carbonyl (C=O) groups excluding carboxylic acids is 1. The maximum Gasteiger partial charge on any atom is 0.251 e. The van der Waals surface area contributed by atoms with Gasteiger partial charge in [0.15, 0.2) is 0 Å². The Labute approximate surface area is 139 Å². The number of fused-ring (bicyclic) bond motifs is 3. The third-order valence-corrected chi connectivity index (χ3v) is 5.56. The van der Waals surface area contributed by atoms with Crippen LogP contribution in [0.2, 0.25) is 0 Å². The predicted octanol–water partition coefficient (Wildman–Crippen LogP) is 0.962. The van der Waals surface area contributed by atoms with Crippen LogP contribution in [-0.4, -0.2) is 45.7 Å².